The molecule has 0 fully saturated rings. The molecule has 0 aliphatic carbocycles. The highest BCUT2D eigenvalue weighted by atomic mass is 35.5. The Balaban J connectivity index is 2.98. The lowest BCUT2D eigenvalue weighted by Gasteiger charge is -2.21. The average Bonchev–Trinajstić information content (AvgIpc) is 2.37. The van der Waals surface area contributed by atoms with E-state index in [4.69, 9.17) is 16.9 Å². The van der Waals surface area contributed by atoms with E-state index in [9.17, 15) is 4.79 Å². The van der Waals surface area contributed by atoms with Crippen molar-refractivity contribution in [2.24, 2.45) is 0 Å². The fraction of sp³-hybridized carbons (Fsp3) is 0.462. The van der Waals surface area contributed by atoms with E-state index in [1.807, 2.05) is 13.8 Å². The molecule has 1 aromatic heterocycles. The first-order valence-corrected chi connectivity index (χ1v) is 6.22. The molecule has 0 aliphatic heterocycles. The average molecular weight is 266 g/mol. The summed E-state index contributed by atoms with van der Waals surface area (Å²) in [6.07, 6.45) is 1.23. The largest absolute Gasteiger partial charge is 0.334 e. The zero-order valence-corrected chi connectivity index (χ0v) is 11.5. The summed E-state index contributed by atoms with van der Waals surface area (Å²) in [5, 5.41) is 12.0. The molecule has 0 aromatic carbocycles. The van der Waals surface area contributed by atoms with Crippen LogP contribution in [0.2, 0.25) is 5.15 Å². The molecule has 1 heterocycles. The van der Waals surface area contributed by atoms with E-state index in [-0.39, 0.29) is 11.1 Å². The standard InChI is InChI=1S/C13H16ClN3O/c1-4-10-6-9(7-11(14)16-10)12(18)17-13(3,5-2)8-15/h6-7H,4-5H2,1-3H3,(H,17,18). The molecule has 1 N–H and O–H groups in total. The van der Waals surface area contributed by atoms with Gasteiger partial charge in [-0.15, -0.1) is 0 Å². The van der Waals surface area contributed by atoms with E-state index < -0.39 is 5.54 Å². The van der Waals surface area contributed by atoms with Crippen LogP contribution >= 0.6 is 11.6 Å². The molecule has 1 rings (SSSR count). The second-order valence-electron chi connectivity index (χ2n) is 4.28. The van der Waals surface area contributed by atoms with Crippen molar-refractivity contribution < 1.29 is 4.79 Å². The Kier molecular flexibility index (Phi) is 4.69. The van der Waals surface area contributed by atoms with Crippen molar-refractivity contribution in [1.29, 1.82) is 5.26 Å². The first-order valence-electron chi connectivity index (χ1n) is 5.84. The highest BCUT2D eigenvalue weighted by Gasteiger charge is 2.24. The van der Waals surface area contributed by atoms with Gasteiger partial charge >= 0.3 is 0 Å². The van der Waals surface area contributed by atoms with Crippen LogP contribution in [0, 0.1) is 11.3 Å². The summed E-state index contributed by atoms with van der Waals surface area (Å²) in [4.78, 5) is 16.1. The van der Waals surface area contributed by atoms with Gasteiger partial charge in [0, 0.05) is 11.3 Å². The molecule has 0 spiro atoms. The predicted octanol–water partition coefficient (Wildman–Crippen LogP) is 2.72. The van der Waals surface area contributed by atoms with Crippen molar-refractivity contribution in [2.75, 3.05) is 0 Å². The van der Waals surface area contributed by atoms with Crippen LogP contribution in [-0.4, -0.2) is 16.4 Å². The number of pyridine rings is 1. The SMILES string of the molecule is CCc1cc(C(=O)NC(C)(C#N)CC)cc(Cl)n1. The number of nitrogens with one attached hydrogen (secondary N) is 1. The highest BCUT2D eigenvalue weighted by molar-refractivity contribution is 6.29. The van der Waals surface area contributed by atoms with Gasteiger partial charge < -0.3 is 5.32 Å². The van der Waals surface area contributed by atoms with Crippen LogP contribution in [0.15, 0.2) is 12.1 Å². The zero-order chi connectivity index (χ0) is 13.8. The minimum absolute atomic E-state index is 0.287. The molecule has 0 aliphatic rings. The molecule has 0 radical (unpaired) electrons. The molecule has 1 atom stereocenters. The minimum Gasteiger partial charge on any atom is -0.334 e. The number of nitriles is 1. The van der Waals surface area contributed by atoms with Gasteiger partial charge in [-0.25, -0.2) is 4.98 Å². The third kappa shape index (κ3) is 3.44. The molecule has 0 saturated heterocycles. The van der Waals surface area contributed by atoms with E-state index in [0.717, 1.165) is 5.69 Å². The Labute approximate surface area is 112 Å². The number of amides is 1. The number of aryl methyl sites for hydroxylation is 1. The normalized spacial score (nSPS) is 13.5. The molecule has 4 nitrogen and oxygen atoms in total. The summed E-state index contributed by atoms with van der Waals surface area (Å²) >= 11 is 5.86. The second-order valence-corrected chi connectivity index (χ2v) is 4.66. The Morgan fingerprint density at radius 1 is 1.56 bits per heavy atom. The number of carbonyl (C=O) groups is 1. The minimum atomic E-state index is -0.862. The quantitative estimate of drug-likeness (QED) is 0.851. The Morgan fingerprint density at radius 3 is 2.72 bits per heavy atom. The molecular formula is C13H16ClN3O. The lowest BCUT2D eigenvalue weighted by atomic mass is 10.0. The van der Waals surface area contributed by atoms with Gasteiger partial charge in [-0.2, -0.15) is 5.26 Å². The summed E-state index contributed by atoms with van der Waals surface area (Å²) in [6, 6.07) is 5.28. The van der Waals surface area contributed by atoms with Gasteiger partial charge in [0.2, 0.25) is 0 Å². The molecule has 1 aromatic rings. The fourth-order valence-corrected chi connectivity index (χ4v) is 1.61. The number of halogens is 1. The lowest BCUT2D eigenvalue weighted by molar-refractivity contribution is 0.0923. The van der Waals surface area contributed by atoms with E-state index in [2.05, 4.69) is 16.4 Å². The van der Waals surface area contributed by atoms with Gasteiger partial charge in [-0.3, -0.25) is 4.79 Å². The molecular weight excluding hydrogens is 250 g/mol. The number of rotatable bonds is 4. The summed E-state index contributed by atoms with van der Waals surface area (Å²) in [5.41, 5.74) is 0.323. The third-order valence-electron chi connectivity index (χ3n) is 2.81. The van der Waals surface area contributed by atoms with Crippen molar-refractivity contribution in [2.45, 2.75) is 39.2 Å². The van der Waals surface area contributed by atoms with E-state index in [1.54, 1.807) is 13.0 Å². The predicted molar refractivity (Wildman–Crippen MR) is 70.4 cm³/mol. The third-order valence-corrected chi connectivity index (χ3v) is 3.01. The Bertz CT molecular complexity index is 495. The van der Waals surface area contributed by atoms with Crippen LogP contribution in [-0.2, 0) is 6.42 Å². The fourth-order valence-electron chi connectivity index (χ4n) is 1.38. The van der Waals surface area contributed by atoms with Gasteiger partial charge in [0.05, 0.1) is 6.07 Å². The summed E-state index contributed by atoms with van der Waals surface area (Å²) < 4.78 is 0. The van der Waals surface area contributed by atoms with Crippen molar-refractivity contribution in [1.82, 2.24) is 10.3 Å². The van der Waals surface area contributed by atoms with Crippen LogP contribution in [0.1, 0.15) is 43.2 Å². The molecule has 0 bridgehead atoms. The maximum atomic E-state index is 12.0. The first-order chi connectivity index (χ1) is 8.44. The smallest absolute Gasteiger partial charge is 0.252 e. The molecule has 0 saturated carbocycles. The van der Waals surface area contributed by atoms with E-state index >= 15 is 0 Å². The first kappa shape index (κ1) is 14.5. The van der Waals surface area contributed by atoms with E-state index in [1.165, 1.54) is 6.07 Å². The van der Waals surface area contributed by atoms with Crippen LogP contribution in [0.5, 0.6) is 0 Å². The maximum Gasteiger partial charge on any atom is 0.252 e. The second kappa shape index (κ2) is 5.83. The lowest BCUT2D eigenvalue weighted by Crippen LogP contribution is -2.44. The Morgan fingerprint density at radius 2 is 2.22 bits per heavy atom. The van der Waals surface area contributed by atoms with Gasteiger partial charge in [-0.1, -0.05) is 25.4 Å². The number of carbonyl (C=O) groups excluding carboxylic acids is 1. The summed E-state index contributed by atoms with van der Waals surface area (Å²) in [5.74, 6) is -0.306. The number of hydrogen-bond acceptors (Lipinski definition) is 3. The van der Waals surface area contributed by atoms with Gasteiger partial charge in [0.1, 0.15) is 10.7 Å². The molecule has 96 valence electrons. The number of nitrogens with zero attached hydrogens (tertiary/aromatic N) is 2. The van der Waals surface area contributed by atoms with E-state index in [0.29, 0.717) is 18.4 Å². The zero-order valence-electron chi connectivity index (χ0n) is 10.7. The molecule has 1 amide bonds. The molecule has 1 unspecified atom stereocenters. The Hall–Kier alpha value is -1.60. The number of aromatic nitrogens is 1. The summed E-state index contributed by atoms with van der Waals surface area (Å²) in [7, 11) is 0. The van der Waals surface area contributed by atoms with Gasteiger partial charge in [0.15, 0.2) is 0 Å². The van der Waals surface area contributed by atoms with Crippen LogP contribution in [0.4, 0.5) is 0 Å². The van der Waals surface area contributed by atoms with Crippen molar-refractivity contribution >= 4 is 17.5 Å². The maximum absolute atomic E-state index is 12.0. The van der Waals surface area contributed by atoms with Crippen molar-refractivity contribution in [3.05, 3.63) is 28.5 Å². The van der Waals surface area contributed by atoms with Crippen molar-refractivity contribution in [3.8, 4) is 6.07 Å². The number of hydrogen-bond donors (Lipinski definition) is 1. The van der Waals surface area contributed by atoms with Crippen LogP contribution in [0.3, 0.4) is 0 Å². The van der Waals surface area contributed by atoms with Gasteiger partial charge in [0.25, 0.3) is 5.91 Å². The van der Waals surface area contributed by atoms with Crippen LogP contribution in [0.25, 0.3) is 0 Å². The molecule has 18 heavy (non-hydrogen) atoms. The topological polar surface area (TPSA) is 65.8 Å². The highest BCUT2D eigenvalue weighted by Crippen LogP contribution is 2.14. The van der Waals surface area contributed by atoms with Crippen LogP contribution < -0.4 is 5.32 Å². The molecule has 5 heteroatoms. The monoisotopic (exact) mass is 265 g/mol. The van der Waals surface area contributed by atoms with Crippen molar-refractivity contribution in [3.63, 3.8) is 0 Å². The summed E-state index contributed by atoms with van der Waals surface area (Å²) in [6.45, 7) is 5.47. The van der Waals surface area contributed by atoms with Gasteiger partial charge in [-0.05, 0) is 31.9 Å².